The van der Waals surface area contributed by atoms with Crippen LogP contribution in [0.15, 0.2) is 30.0 Å². The van der Waals surface area contributed by atoms with E-state index in [1.54, 1.807) is 37.3 Å². The molecule has 1 aromatic rings. The predicted octanol–water partition coefficient (Wildman–Crippen LogP) is 3.37. The molecular formula is C10H10ClNO2. The molecule has 0 aliphatic heterocycles. The maximum atomic E-state index is 10.5. The maximum Gasteiger partial charge on any atom is 0.246 e. The van der Waals surface area contributed by atoms with Crippen molar-refractivity contribution in [2.24, 2.45) is 0 Å². The molecular weight excluding hydrogens is 202 g/mol. The van der Waals surface area contributed by atoms with Crippen molar-refractivity contribution < 1.29 is 4.92 Å². The summed E-state index contributed by atoms with van der Waals surface area (Å²) in [6.07, 6.45) is 1.96. The Morgan fingerprint density at radius 1 is 1.50 bits per heavy atom. The van der Waals surface area contributed by atoms with Crippen molar-refractivity contribution >= 4 is 17.7 Å². The van der Waals surface area contributed by atoms with E-state index in [1.165, 1.54) is 0 Å². The van der Waals surface area contributed by atoms with Gasteiger partial charge in [0.05, 0.1) is 4.92 Å². The summed E-state index contributed by atoms with van der Waals surface area (Å²) in [5.41, 5.74) is 0.996. The van der Waals surface area contributed by atoms with Gasteiger partial charge in [0.15, 0.2) is 0 Å². The molecule has 0 saturated carbocycles. The lowest BCUT2D eigenvalue weighted by Gasteiger charge is -1.95. The molecule has 1 rings (SSSR count). The molecule has 74 valence electrons. The van der Waals surface area contributed by atoms with Gasteiger partial charge in [0, 0.05) is 17.5 Å². The van der Waals surface area contributed by atoms with Crippen LogP contribution in [0.5, 0.6) is 0 Å². The molecule has 0 radical (unpaired) electrons. The van der Waals surface area contributed by atoms with E-state index in [1.807, 2.05) is 0 Å². The maximum absolute atomic E-state index is 10.5. The Morgan fingerprint density at radius 3 is 2.50 bits per heavy atom. The van der Waals surface area contributed by atoms with E-state index in [9.17, 15) is 10.1 Å². The van der Waals surface area contributed by atoms with E-state index in [2.05, 4.69) is 0 Å². The normalized spacial score (nSPS) is 11.4. The summed E-state index contributed by atoms with van der Waals surface area (Å²) < 4.78 is 0. The van der Waals surface area contributed by atoms with Crippen LogP contribution < -0.4 is 0 Å². The van der Waals surface area contributed by atoms with Crippen LogP contribution in [0.1, 0.15) is 18.9 Å². The van der Waals surface area contributed by atoms with E-state index in [0.29, 0.717) is 11.4 Å². The summed E-state index contributed by atoms with van der Waals surface area (Å²) in [4.78, 5) is 10.1. The first-order valence-electron chi connectivity index (χ1n) is 4.24. The van der Waals surface area contributed by atoms with Gasteiger partial charge in [-0.25, -0.2) is 0 Å². The summed E-state index contributed by atoms with van der Waals surface area (Å²) in [7, 11) is 0. The van der Waals surface area contributed by atoms with Crippen molar-refractivity contribution in [3.63, 3.8) is 0 Å². The molecule has 0 N–H and O–H groups in total. The Morgan fingerprint density at radius 2 is 2.07 bits per heavy atom. The van der Waals surface area contributed by atoms with Crippen molar-refractivity contribution in [1.82, 2.24) is 0 Å². The smallest absolute Gasteiger partial charge is 0.246 e. The van der Waals surface area contributed by atoms with E-state index in [0.717, 1.165) is 5.56 Å². The lowest BCUT2D eigenvalue weighted by Crippen LogP contribution is -1.96. The topological polar surface area (TPSA) is 43.1 Å². The van der Waals surface area contributed by atoms with E-state index >= 15 is 0 Å². The molecule has 0 unspecified atom stereocenters. The van der Waals surface area contributed by atoms with Gasteiger partial charge in [-0.05, 0) is 17.7 Å². The Labute approximate surface area is 87.2 Å². The third kappa shape index (κ3) is 2.85. The number of nitro groups is 1. The molecule has 14 heavy (non-hydrogen) atoms. The van der Waals surface area contributed by atoms with E-state index in [4.69, 9.17) is 11.6 Å². The minimum Gasteiger partial charge on any atom is -0.259 e. The molecule has 0 heterocycles. The van der Waals surface area contributed by atoms with Crippen molar-refractivity contribution in [1.29, 1.82) is 0 Å². The fourth-order valence-corrected chi connectivity index (χ4v) is 1.16. The molecule has 0 atom stereocenters. The Kier molecular flexibility index (Phi) is 3.65. The number of hydrogen-bond acceptors (Lipinski definition) is 2. The molecule has 4 heteroatoms. The second kappa shape index (κ2) is 4.77. The van der Waals surface area contributed by atoms with Crippen LogP contribution in [0.3, 0.4) is 0 Å². The first-order chi connectivity index (χ1) is 6.63. The number of benzene rings is 1. The minimum atomic E-state index is -0.366. The van der Waals surface area contributed by atoms with Crippen molar-refractivity contribution in [2.75, 3.05) is 0 Å². The van der Waals surface area contributed by atoms with Crippen LogP contribution >= 0.6 is 11.6 Å². The lowest BCUT2D eigenvalue weighted by atomic mass is 10.2. The Bertz CT molecular complexity index is 357. The third-order valence-corrected chi connectivity index (χ3v) is 2.05. The second-order valence-corrected chi connectivity index (χ2v) is 3.23. The summed E-state index contributed by atoms with van der Waals surface area (Å²) in [6, 6.07) is 6.92. The van der Waals surface area contributed by atoms with Gasteiger partial charge in [-0.3, -0.25) is 10.1 Å². The molecule has 0 saturated heterocycles. The molecule has 3 nitrogen and oxygen atoms in total. The van der Waals surface area contributed by atoms with Crippen molar-refractivity contribution in [2.45, 2.75) is 13.3 Å². The minimum absolute atomic E-state index is 0.201. The fraction of sp³-hybridized carbons (Fsp3) is 0.200. The Hall–Kier alpha value is -1.35. The molecule has 0 amide bonds. The summed E-state index contributed by atoms with van der Waals surface area (Å²) in [5, 5.41) is 11.1. The van der Waals surface area contributed by atoms with Gasteiger partial charge in [-0.15, -0.1) is 0 Å². The van der Waals surface area contributed by atoms with Crippen molar-refractivity contribution in [3.05, 3.63) is 50.7 Å². The van der Waals surface area contributed by atoms with Crippen molar-refractivity contribution in [3.8, 4) is 0 Å². The van der Waals surface area contributed by atoms with Crippen LogP contribution in [0.25, 0.3) is 6.08 Å². The molecule has 0 fully saturated rings. The molecule has 0 aromatic heterocycles. The van der Waals surface area contributed by atoms with Crippen LogP contribution in [-0.4, -0.2) is 4.92 Å². The SMILES string of the molecule is CC/C(=C/c1ccc(Cl)cc1)[N+](=O)[O-]. The van der Waals surface area contributed by atoms with E-state index in [-0.39, 0.29) is 10.6 Å². The molecule has 1 aromatic carbocycles. The number of nitrogens with zero attached hydrogens (tertiary/aromatic N) is 1. The van der Waals surface area contributed by atoms with Crippen LogP contribution in [-0.2, 0) is 0 Å². The molecule has 0 bridgehead atoms. The zero-order valence-electron chi connectivity index (χ0n) is 7.74. The van der Waals surface area contributed by atoms with Crippen LogP contribution in [0.2, 0.25) is 5.02 Å². The van der Waals surface area contributed by atoms with Crippen LogP contribution in [0.4, 0.5) is 0 Å². The predicted molar refractivity (Wildman–Crippen MR) is 56.7 cm³/mol. The highest BCUT2D eigenvalue weighted by Gasteiger charge is 2.06. The highest BCUT2D eigenvalue weighted by atomic mass is 35.5. The van der Waals surface area contributed by atoms with Gasteiger partial charge in [-0.2, -0.15) is 0 Å². The number of hydrogen-bond donors (Lipinski definition) is 0. The van der Waals surface area contributed by atoms with Gasteiger partial charge in [0.25, 0.3) is 0 Å². The quantitative estimate of drug-likeness (QED) is 0.568. The highest BCUT2D eigenvalue weighted by molar-refractivity contribution is 6.30. The molecule has 0 aliphatic carbocycles. The first kappa shape index (κ1) is 10.7. The zero-order chi connectivity index (χ0) is 10.6. The number of allylic oxidation sites excluding steroid dienone is 1. The zero-order valence-corrected chi connectivity index (χ0v) is 8.49. The first-order valence-corrected chi connectivity index (χ1v) is 4.62. The summed E-state index contributed by atoms with van der Waals surface area (Å²) >= 11 is 5.69. The van der Waals surface area contributed by atoms with E-state index < -0.39 is 0 Å². The van der Waals surface area contributed by atoms with Gasteiger partial charge in [0.2, 0.25) is 5.70 Å². The molecule has 0 spiro atoms. The Balaban J connectivity index is 2.95. The van der Waals surface area contributed by atoms with Crippen LogP contribution in [0, 0.1) is 10.1 Å². The second-order valence-electron chi connectivity index (χ2n) is 2.80. The van der Waals surface area contributed by atoms with Gasteiger partial charge < -0.3 is 0 Å². The monoisotopic (exact) mass is 211 g/mol. The number of rotatable bonds is 3. The van der Waals surface area contributed by atoms with Gasteiger partial charge in [-0.1, -0.05) is 30.7 Å². The average Bonchev–Trinajstić information content (AvgIpc) is 2.16. The fourth-order valence-electron chi connectivity index (χ4n) is 1.04. The van der Waals surface area contributed by atoms with Gasteiger partial charge in [0.1, 0.15) is 0 Å². The largest absolute Gasteiger partial charge is 0.259 e. The summed E-state index contributed by atoms with van der Waals surface area (Å²) in [5.74, 6) is 0. The summed E-state index contributed by atoms with van der Waals surface area (Å²) in [6.45, 7) is 1.75. The average molecular weight is 212 g/mol. The van der Waals surface area contributed by atoms with Gasteiger partial charge >= 0.3 is 0 Å². The third-order valence-electron chi connectivity index (χ3n) is 1.80. The standard InChI is InChI=1S/C10H10ClNO2/c1-2-10(12(13)14)7-8-3-5-9(11)6-4-8/h3-7H,2H2,1H3/b10-7-. The molecule has 0 aliphatic rings. The lowest BCUT2D eigenvalue weighted by molar-refractivity contribution is -0.425. The highest BCUT2D eigenvalue weighted by Crippen LogP contribution is 2.13. The number of halogens is 1.